The van der Waals surface area contributed by atoms with Crippen LogP contribution in [-0.4, -0.2) is 102 Å². The zero-order chi connectivity index (χ0) is 37.9. The molecule has 0 N–H and O–H groups in total. The number of hydrogen-bond acceptors (Lipinski definition) is 6. The fourth-order valence-electron chi connectivity index (χ4n) is 7.09. The average Bonchev–Trinajstić information content (AvgIpc) is 3.20. The Kier molecular flexibility index (Phi) is 13.4. The zero-order valence-corrected chi connectivity index (χ0v) is 32.0. The van der Waals surface area contributed by atoms with Crippen LogP contribution in [0.15, 0.2) is 109 Å². The maximum Gasteiger partial charge on any atom is 0.247 e. The van der Waals surface area contributed by atoms with E-state index in [-0.39, 0.29) is 24.3 Å². The minimum Gasteiger partial charge on any atom is -0.494 e. The van der Waals surface area contributed by atoms with Crippen molar-refractivity contribution in [3.63, 3.8) is 0 Å². The summed E-state index contributed by atoms with van der Waals surface area (Å²) in [6.45, 7) is 10.7. The van der Waals surface area contributed by atoms with Gasteiger partial charge in [0.2, 0.25) is 17.7 Å². The lowest BCUT2D eigenvalue weighted by molar-refractivity contribution is -0.145. The van der Waals surface area contributed by atoms with E-state index < -0.39 is 6.04 Å². The van der Waals surface area contributed by atoms with Crippen molar-refractivity contribution >= 4 is 41.1 Å². The van der Waals surface area contributed by atoms with Crippen molar-refractivity contribution in [3.05, 3.63) is 136 Å². The Morgan fingerprint density at radius 2 is 1.37 bits per heavy atom. The second kappa shape index (κ2) is 18.8. The SMILES string of the molecule is CCOc1ccc(C=CC(=O)N(Cc2ccc(N3CCN(C(C)=O)CC3)cc2)[C@@H](Cc2ccccc2)C(=O)N2CCN(Cc3ccc(Cl)cc3)CC2)cc1. The number of rotatable bonds is 13. The highest BCUT2D eigenvalue weighted by Gasteiger charge is 2.34. The van der Waals surface area contributed by atoms with Crippen LogP contribution in [0.3, 0.4) is 0 Å². The van der Waals surface area contributed by atoms with Gasteiger partial charge in [-0.1, -0.05) is 78.3 Å². The van der Waals surface area contributed by atoms with Gasteiger partial charge in [-0.05, 0) is 71.7 Å². The molecular formula is C44H50ClN5O4. The first kappa shape index (κ1) is 38.6. The van der Waals surface area contributed by atoms with Crippen LogP contribution >= 0.6 is 11.6 Å². The molecule has 4 aromatic carbocycles. The van der Waals surface area contributed by atoms with E-state index in [2.05, 4.69) is 21.9 Å². The van der Waals surface area contributed by atoms with E-state index in [0.717, 1.165) is 60.9 Å². The molecule has 0 radical (unpaired) electrons. The van der Waals surface area contributed by atoms with Gasteiger partial charge in [-0.25, -0.2) is 0 Å². The van der Waals surface area contributed by atoms with Crippen LogP contribution in [0.1, 0.15) is 36.1 Å². The smallest absolute Gasteiger partial charge is 0.247 e. The summed E-state index contributed by atoms with van der Waals surface area (Å²) >= 11 is 6.11. The summed E-state index contributed by atoms with van der Waals surface area (Å²) in [6, 6.07) is 33.0. The van der Waals surface area contributed by atoms with Crippen LogP contribution in [0.2, 0.25) is 5.02 Å². The Labute approximate surface area is 324 Å². The summed E-state index contributed by atoms with van der Waals surface area (Å²) in [7, 11) is 0. The number of ether oxygens (including phenoxy) is 1. The van der Waals surface area contributed by atoms with Crippen molar-refractivity contribution in [3.8, 4) is 5.75 Å². The van der Waals surface area contributed by atoms with Gasteiger partial charge in [-0.15, -0.1) is 0 Å². The van der Waals surface area contributed by atoms with Crippen LogP contribution in [0.25, 0.3) is 6.08 Å². The van der Waals surface area contributed by atoms with Gasteiger partial charge >= 0.3 is 0 Å². The molecule has 0 bridgehead atoms. The molecule has 0 aliphatic carbocycles. The third-order valence-corrected chi connectivity index (χ3v) is 10.5. The minimum atomic E-state index is -0.716. The molecule has 4 aromatic rings. The topological polar surface area (TPSA) is 76.6 Å². The van der Waals surface area contributed by atoms with Gasteiger partial charge in [0.25, 0.3) is 0 Å². The molecule has 9 nitrogen and oxygen atoms in total. The molecule has 282 valence electrons. The lowest BCUT2D eigenvalue weighted by Gasteiger charge is -2.39. The highest BCUT2D eigenvalue weighted by Crippen LogP contribution is 2.23. The second-order valence-corrected chi connectivity index (χ2v) is 14.3. The van der Waals surface area contributed by atoms with Gasteiger partial charge in [0.05, 0.1) is 6.61 Å². The lowest BCUT2D eigenvalue weighted by Crippen LogP contribution is -2.56. The number of hydrogen-bond donors (Lipinski definition) is 0. The molecule has 54 heavy (non-hydrogen) atoms. The number of halogens is 1. The molecule has 0 aromatic heterocycles. The summed E-state index contributed by atoms with van der Waals surface area (Å²) in [4.78, 5) is 51.1. The normalized spacial score (nSPS) is 15.6. The van der Waals surface area contributed by atoms with E-state index in [9.17, 15) is 14.4 Å². The first-order valence-electron chi connectivity index (χ1n) is 18.9. The highest BCUT2D eigenvalue weighted by molar-refractivity contribution is 6.30. The van der Waals surface area contributed by atoms with Gasteiger partial charge in [0.15, 0.2) is 0 Å². The zero-order valence-electron chi connectivity index (χ0n) is 31.3. The number of amides is 3. The van der Waals surface area contributed by atoms with Crippen molar-refractivity contribution in [2.24, 2.45) is 0 Å². The highest BCUT2D eigenvalue weighted by atomic mass is 35.5. The maximum absolute atomic E-state index is 14.7. The van der Waals surface area contributed by atoms with Crippen molar-refractivity contribution in [1.29, 1.82) is 0 Å². The molecule has 0 saturated carbocycles. The van der Waals surface area contributed by atoms with Crippen LogP contribution in [0.4, 0.5) is 5.69 Å². The van der Waals surface area contributed by atoms with Crippen molar-refractivity contribution in [2.75, 3.05) is 63.9 Å². The van der Waals surface area contributed by atoms with Gasteiger partial charge in [0.1, 0.15) is 11.8 Å². The third kappa shape index (κ3) is 10.5. The molecule has 1 atom stereocenters. The molecule has 2 fully saturated rings. The monoisotopic (exact) mass is 747 g/mol. The molecule has 10 heteroatoms. The second-order valence-electron chi connectivity index (χ2n) is 13.9. The molecular weight excluding hydrogens is 698 g/mol. The quantitative estimate of drug-likeness (QED) is 0.147. The van der Waals surface area contributed by atoms with Gasteiger partial charge < -0.3 is 24.3 Å². The Morgan fingerprint density at radius 3 is 2.00 bits per heavy atom. The number of anilines is 1. The minimum absolute atomic E-state index is 0.0484. The lowest BCUT2D eigenvalue weighted by atomic mass is 10.0. The van der Waals surface area contributed by atoms with Crippen molar-refractivity contribution < 1.29 is 19.1 Å². The van der Waals surface area contributed by atoms with E-state index in [0.29, 0.717) is 44.2 Å². The summed E-state index contributed by atoms with van der Waals surface area (Å²) < 4.78 is 5.60. The van der Waals surface area contributed by atoms with Gasteiger partial charge in [0, 0.05) is 95.6 Å². The Bertz CT molecular complexity index is 1850. The molecule has 2 aliphatic rings. The number of benzene rings is 4. The van der Waals surface area contributed by atoms with E-state index >= 15 is 0 Å². The molecule has 0 unspecified atom stereocenters. The van der Waals surface area contributed by atoms with E-state index in [4.69, 9.17) is 16.3 Å². The number of carbonyl (C=O) groups is 3. The van der Waals surface area contributed by atoms with Gasteiger partial charge in [-0.3, -0.25) is 19.3 Å². The first-order valence-corrected chi connectivity index (χ1v) is 19.2. The number of piperazine rings is 2. The summed E-state index contributed by atoms with van der Waals surface area (Å²) in [5.74, 6) is 0.594. The molecule has 3 amide bonds. The molecule has 6 rings (SSSR count). The predicted octanol–water partition coefficient (Wildman–Crippen LogP) is 6.40. The standard InChI is InChI=1S/C44H50ClN5O4/c1-3-54-41-20-13-35(14-21-41)15-22-43(52)50(33-38-11-18-40(19-12-38)48-29-27-47(28-30-48)34(2)51)42(31-36-7-5-4-6-8-36)44(53)49-25-23-46(24-26-49)32-37-9-16-39(45)17-10-37/h4-22,42H,3,23-33H2,1-2H3/t42-/m0/s1. The van der Waals surface area contributed by atoms with E-state index in [1.807, 2.05) is 108 Å². The van der Waals surface area contributed by atoms with Crippen LogP contribution in [-0.2, 0) is 33.9 Å². The largest absolute Gasteiger partial charge is 0.494 e. The third-order valence-electron chi connectivity index (χ3n) is 10.2. The Hall–Kier alpha value is -5.12. The summed E-state index contributed by atoms with van der Waals surface area (Å²) in [5, 5.41) is 0.715. The van der Waals surface area contributed by atoms with Crippen LogP contribution < -0.4 is 9.64 Å². The fourth-order valence-corrected chi connectivity index (χ4v) is 7.21. The van der Waals surface area contributed by atoms with Crippen molar-refractivity contribution in [1.82, 2.24) is 19.6 Å². The van der Waals surface area contributed by atoms with E-state index in [1.54, 1.807) is 24.0 Å². The van der Waals surface area contributed by atoms with Crippen molar-refractivity contribution in [2.45, 2.75) is 39.4 Å². The van der Waals surface area contributed by atoms with Crippen LogP contribution in [0, 0.1) is 0 Å². The number of carbonyl (C=O) groups excluding carboxylic acids is 3. The molecule has 2 saturated heterocycles. The van der Waals surface area contributed by atoms with E-state index in [1.165, 1.54) is 5.56 Å². The first-order chi connectivity index (χ1) is 26.2. The Balaban J connectivity index is 1.24. The molecule has 0 spiro atoms. The predicted molar refractivity (Wildman–Crippen MR) is 215 cm³/mol. The van der Waals surface area contributed by atoms with Gasteiger partial charge in [-0.2, -0.15) is 0 Å². The van der Waals surface area contributed by atoms with Crippen LogP contribution in [0.5, 0.6) is 5.75 Å². The maximum atomic E-state index is 14.7. The Morgan fingerprint density at radius 1 is 0.741 bits per heavy atom. The molecule has 2 heterocycles. The summed E-state index contributed by atoms with van der Waals surface area (Å²) in [5.41, 5.74) is 5.04. The summed E-state index contributed by atoms with van der Waals surface area (Å²) in [6.07, 6.45) is 3.77. The molecule has 2 aliphatic heterocycles. The fraction of sp³-hybridized carbons (Fsp3) is 0.341. The number of nitrogens with zero attached hydrogens (tertiary/aromatic N) is 5. The average molecular weight is 748 g/mol.